The number of rotatable bonds is 4. The Kier molecular flexibility index (Phi) is 4.46. The summed E-state index contributed by atoms with van der Waals surface area (Å²) in [6.07, 6.45) is -0.354. The largest absolute Gasteiger partial charge is 0.368 e. The third kappa shape index (κ3) is 3.09. The first-order valence-corrected chi connectivity index (χ1v) is 8.23. The van der Waals surface area contributed by atoms with Crippen LogP contribution in [0.25, 0.3) is 0 Å². The zero-order chi connectivity index (χ0) is 17.5. The smallest absolute Gasteiger partial charge is 0.234 e. The number of carbonyl (C=O) groups excluding carboxylic acids is 2. The van der Waals surface area contributed by atoms with Crippen molar-refractivity contribution < 1.29 is 19.1 Å². The van der Waals surface area contributed by atoms with Crippen molar-refractivity contribution >= 4 is 11.7 Å². The predicted molar refractivity (Wildman–Crippen MR) is 87.9 cm³/mol. The molecule has 0 unspecified atom stereocenters. The van der Waals surface area contributed by atoms with Gasteiger partial charge in [-0.05, 0) is 26.3 Å². The van der Waals surface area contributed by atoms with Gasteiger partial charge in [0, 0.05) is 17.9 Å². The summed E-state index contributed by atoms with van der Waals surface area (Å²) in [6.45, 7) is 5.55. The molecule has 1 amide bonds. The van der Waals surface area contributed by atoms with Crippen molar-refractivity contribution in [2.45, 2.75) is 44.7 Å². The Morgan fingerprint density at radius 2 is 1.92 bits per heavy atom. The van der Waals surface area contributed by atoms with Crippen LogP contribution >= 0.6 is 0 Å². The van der Waals surface area contributed by atoms with Crippen LogP contribution in [0, 0.1) is 11.8 Å². The van der Waals surface area contributed by atoms with Crippen molar-refractivity contribution in [1.29, 1.82) is 0 Å². The third-order valence-corrected chi connectivity index (χ3v) is 4.91. The molecule has 1 aromatic carbocycles. The highest BCUT2D eigenvalue weighted by Crippen LogP contribution is 2.43. The number of amides is 1. The van der Waals surface area contributed by atoms with E-state index in [-0.39, 0.29) is 23.8 Å². The number of primary amides is 1. The van der Waals surface area contributed by atoms with Gasteiger partial charge in [-0.3, -0.25) is 14.9 Å². The van der Waals surface area contributed by atoms with Crippen LogP contribution in [0.4, 0.5) is 0 Å². The summed E-state index contributed by atoms with van der Waals surface area (Å²) >= 11 is 0. The van der Waals surface area contributed by atoms with Gasteiger partial charge in [0.05, 0.1) is 18.8 Å². The second-order valence-electron chi connectivity index (χ2n) is 7.02. The Morgan fingerprint density at radius 1 is 1.25 bits per heavy atom. The van der Waals surface area contributed by atoms with Crippen molar-refractivity contribution in [3.63, 3.8) is 0 Å². The molecule has 2 fully saturated rings. The van der Waals surface area contributed by atoms with E-state index in [1.54, 1.807) is 6.92 Å². The lowest BCUT2D eigenvalue weighted by molar-refractivity contribution is -0.151. The zero-order valence-electron chi connectivity index (χ0n) is 14.2. The summed E-state index contributed by atoms with van der Waals surface area (Å²) in [5.41, 5.74) is 6.58. The minimum Gasteiger partial charge on any atom is -0.368 e. The number of nitrogens with two attached hydrogens (primary N) is 1. The summed E-state index contributed by atoms with van der Waals surface area (Å²) in [6, 6.07) is 8.75. The Hall–Kier alpha value is -1.76. The Balaban J connectivity index is 1.97. The fourth-order valence-electron chi connectivity index (χ4n) is 3.93. The van der Waals surface area contributed by atoms with Crippen molar-refractivity contribution in [1.82, 2.24) is 5.32 Å². The standard InChI is InChI=1S/C18H24N2O4/c1-10(21)13-14(12-9-23-18(2,3)24-12)16(17(19)22)20-15(13)11-7-5-4-6-8-11/h4-8,12-16,20H,9H2,1-3H3,(H2,19,22)/t12-,13-,14-,15-,16-/m1/s1. The average Bonchev–Trinajstić information content (AvgIpc) is 3.08. The first kappa shape index (κ1) is 17.1. The van der Waals surface area contributed by atoms with Crippen LogP contribution in [0.5, 0.6) is 0 Å². The number of ether oxygens (including phenoxy) is 2. The quantitative estimate of drug-likeness (QED) is 0.863. The maximum atomic E-state index is 12.4. The molecule has 0 aromatic heterocycles. The highest BCUT2D eigenvalue weighted by atomic mass is 16.7. The Bertz CT molecular complexity index is 631. The number of nitrogens with one attached hydrogen (secondary N) is 1. The molecule has 6 nitrogen and oxygen atoms in total. The van der Waals surface area contributed by atoms with Crippen LogP contribution in [0.3, 0.4) is 0 Å². The SMILES string of the molecule is CC(=O)[C@@H]1[C@@H]([C@H]2COC(C)(C)O2)[C@H](C(N)=O)N[C@@H]1c1ccccc1. The van der Waals surface area contributed by atoms with Gasteiger partial charge in [-0.2, -0.15) is 0 Å². The second kappa shape index (κ2) is 6.27. The summed E-state index contributed by atoms with van der Waals surface area (Å²) in [7, 11) is 0. The minimum absolute atomic E-state index is 0.0124. The molecule has 2 heterocycles. The number of Topliss-reactive ketones (excluding diaryl/α,β-unsaturated/α-hetero) is 1. The van der Waals surface area contributed by atoms with E-state index in [0.717, 1.165) is 5.56 Å². The van der Waals surface area contributed by atoms with E-state index in [4.69, 9.17) is 15.2 Å². The van der Waals surface area contributed by atoms with Crippen molar-refractivity contribution in [2.75, 3.05) is 6.61 Å². The molecule has 2 saturated heterocycles. The summed E-state index contributed by atoms with van der Waals surface area (Å²) < 4.78 is 11.6. The fourth-order valence-corrected chi connectivity index (χ4v) is 3.93. The van der Waals surface area contributed by atoms with Crippen molar-refractivity contribution in [2.24, 2.45) is 17.6 Å². The van der Waals surface area contributed by atoms with Gasteiger partial charge < -0.3 is 15.2 Å². The van der Waals surface area contributed by atoms with Gasteiger partial charge in [0.25, 0.3) is 0 Å². The maximum absolute atomic E-state index is 12.4. The monoisotopic (exact) mass is 332 g/mol. The van der Waals surface area contributed by atoms with Crippen LogP contribution < -0.4 is 11.1 Å². The first-order chi connectivity index (χ1) is 11.3. The molecule has 3 N–H and O–H groups in total. The van der Waals surface area contributed by atoms with Gasteiger partial charge in [0.1, 0.15) is 5.78 Å². The molecule has 0 aliphatic carbocycles. The molecule has 0 radical (unpaired) electrons. The lowest BCUT2D eigenvalue weighted by Gasteiger charge is -2.28. The number of ketones is 1. The molecule has 1 aromatic rings. The van der Waals surface area contributed by atoms with Gasteiger partial charge >= 0.3 is 0 Å². The van der Waals surface area contributed by atoms with E-state index in [1.165, 1.54) is 0 Å². The molecular weight excluding hydrogens is 308 g/mol. The topological polar surface area (TPSA) is 90.7 Å². The second-order valence-corrected chi connectivity index (χ2v) is 7.02. The van der Waals surface area contributed by atoms with E-state index < -0.39 is 23.7 Å². The molecule has 2 aliphatic rings. The number of hydrogen-bond donors (Lipinski definition) is 2. The van der Waals surface area contributed by atoms with E-state index in [9.17, 15) is 9.59 Å². The molecule has 0 bridgehead atoms. The molecule has 6 heteroatoms. The van der Waals surface area contributed by atoms with Gasteiger partial charge in [0.2, 0.25) is 5.91 Å². The lowest BCUT2D eigenvalue weighted by Crippen LogP contribution is -2.46. The molecule has 5 atom stereocenters. The molecule has 3 rings (SSSR count). The summed E-state index contributed by atoms with van der Waals surface area (Å²) in [5, 5.41) is 3.26. The summed E-state index contributed by atoms with van der Waals surface area (Å²) in [5.74, 6) is -1.94. The number of carbonyl (C=O) groups is 2. The van der Waals surface area contributed by atoms with E-state index in [0.29, 0.717) is 6.61 Å². The third-order valence-electron chi connectivity index (χ3n) is 4.91. The average molecular weight is 332 g/mol. The molecule has 0 saturated carbocycles. The van der Waals surface area contributed by atoms with E-state index in [1.807, 2.05) is 44.2 Å². The fraction of sp³-hybridized carbons (Fsp3) is 0.556. The van der Waals surface area contributed by atoms with Gasteiger partial charge in [-0.25, -0.2) is 0 Å². The van der Waals surface area contributed by atoms with Crippen LogP contribution in [0.15, 0.2) is 30.3 Å². The lowest BCUT2D eigenvalue weighted by atomic mass is 9.79. The van der Waals surface area contributed by atoms with Gasteiger partial charge in [-0.15, -0.1) is 0 Å². The Morgan fingerprint density at radius 3 is 2.42 bits per heavy atom. The van der Waals surface area contributed by atoms with Crippen molar-refractivity contribution in [3.05, 3.63) is 35.9 Å². The molecule has 0 spiro atoms. The number of benzene rings is 1. The van der Waals surface area contributed by atoms with Crippen LogP contribution in [0.1, 0.15) is 32.4 Å². The normalized spacial score (nSPS) is 35.0. The minimum atomic E-state index is -0.723. The Labute approximate surface area is 141 Å². The van der Waals surface area contributed by atoms with Crippen LogP contribution in [-0.4, -0.2) is 36.2 Å². The molecular formula is C18H24N2O4. The molecule has 24 heavy (non-hydrogen) atoms. The highest BCUT2D eigenvalue weighted by molar-refractivity contribution is 5.86. The predicted octanol–water partition coefficient (Wildman–Crippen LogP) is 1.16. The van der Waals surface area contributed by atoms with Crippen LogP contribution in [-0.2, 0) is 19.1 Å². The van der Waals surface area contributed by atoms with Crippen LogP contribution in [0.2, 0.25) is 0 Å². The van der Waals surface area contributed by atoms with Gasteiger partial charge in [-0.1, -0.05) is 30.3 Å². The maximum Gasteiger partial charge on any atom is 0.234 e. The first-order valence-electron chi connectivity index (χ1n) is 8.23. The van der Waals surface area contributed by atoms with E-state index >= 15 is 0 Å². The van der Waals surface area contributed by atoms with Crippen molar-refractivity contribution in [3.8, 4) is 0 Å². The van der Waals surface area contributed by atoms with Gasteiger partial charge in [0.15, 0.2) is 5.79 Å². The molecule has 2 aliphatic heterocycles. The highest BCUT2D eigenvalue weighted by Gasteiger charge is 2.54. The number of hydrogen-bond acceptors (Lipinski definition) is 5. The molecule has 130 valence electrons. The summed E-state index contributed by atoms with van der Waals surface area (Å²) in [4.78, 5) is 24.5. The zero-order valence-corrected chi connectivity index (χ0v) is 14.2. The van der Waals surface area contributed by atoms with E-state index in [2.05, 4.69) is 5.32 Å².